The molecule has 2 aromatic rings. The first kappa shape index (κ1) is 18.1. The van der Waals surface area contributed by atoms with Crippen LogP contribution in [0.25, 0.3) is 5.57 Å². The minimum atomic E-state index is -0.0955. The first-order valence-corrected chi connectivity index (χ1v) is 9.97. The Morgan fingerprint density at radius 3 is 2.78 bits per heavy atom. The van der Waals surface area contributed by atoms with Crippen LogP contribution in [0.4, 0.5) is 0 Å². The van der Waals surface area contributed by atoms with Crippen molar-refractivity contribution in [3.05, 3.63) is 52.0 Å². The van der Waals surface area contributed by atoms with Crippen molar-refractivity contribution >= 4 is 44.6 Å². The van der Waals surface area contributed by atoms with E-state index in [-0.39, 0.29) is 11.5 Å². The van der Waals surface area contributed by atoms with Gasteiger partial charge in [-0.25, -0.2) is 4.98 Å². The van der Waals surface area contributed by atoms with Crippen LogP contribution in [0, 0.1) is 6.92 Å². The number of benzene rings is 1. The molecule has 0 atom stereocenters. The van der Waals surface area contributed by atoms with Gasteiger partial charge in [0.2, 0.25) is 0 Å². The maximum absolute atomic E-state index is 9.55. The van der Waals surface area contributed by atoms with Crippen LogP contribution in [0.15, 0.2) is 41.3 Å². The summed E-state index contributed by atoms with van der Waals surface area (Å²) in [6.07, 6.45) is 6.19. The molecule has 0 aliphatic rings. The Morgan fingerprint density at radius 1 is 1.35 bits per heavy atom. The molecule has 23 heavy (non-hydrogen) atoms. The monoisotopic (exact) mass is 411 g/mol. The van der Waals surface area contributed by atoms with E-state index in [2.05, 4.69) is 39.1 Å². The Bertz CT molecular complexity index is 738. The molecule has 0 amide bonds. The minimum absolute atomic E-state index is 0.0900. The van der Waals surface area contributed by atoms with Crippen molar-refractivity contribution in [3.8, 4) is 11.5 Å². The van der Waals surface area contributed by atoms with Crippen LogP contribution in [0.5, 0.6) is 11.5 Å². The molecule has 0 saturated carbocycles. The van der Waals surface area contributed by atoms with Crippen LogP contribution < -0.4 is 0 Å². The molecule has 0 radical (unpaired) electrons. The zero-order valence-electron chi connectivity index (χ0n) is 12.9. The fourth-order valence-corrected chi connectivity index (χ4v) is 4.27. The topological polar surface area (TPSA) is 53.4 Å². The molecule has 0 unspecified atom stereocenters. The van der Waals surface area contributed by atoms with Crippen LogP contribution in [0.2, 0.25) is 0 Å². The zero-order valence-corrected chi connectivity index (χ0v) is 16.1. The molecule has 122 valence electrons. The molecule has 6 heteroatoms. The van der Waals surface area contributed by atoms with Crippen molar-refractivity contribution in [1.82, 2.24) is 4.98 Å². The number of phenolic OH excluding ortho intramolecular Hbond substituents is 2. The predicted molar refractivity (Wildman–Crippen MR) is 103 cm³/mol. The van der Waals surface area contributed by atoms with Gasteiger partial charge >= 0.3 is 0 Å². The number of aromatic nitrogens is 1. The number of halogens is 1. The van der Waals surface area contributed by atoms with Gasteiger partial charge < -0.3 is 10.2 Å². The first-order valence-electron chi connectivity index (χ1n) is 7.05. The van der Waals surface area contributed by atoms with E-state index in [0.29, 0.717) is 0 Å². The van der Waals surface area contributed by atoms with Crippen molar-refractivity contribution in [2.24, 2.45) is 0 Å². The highest BCUT2D eigenvalue weighted by Gasteiger charge is 2.10. The van der Waals surface area contributed by atoms with Crippen LogP contribution in [0.3, 0.4) is 0 Å². The molecule has 1 aromatic heterocycles. The van der Waals surface area contributed by atoms with E-state index in [0.717, 1.165) is 32.3 Å². The SMILES string of the molecule is C/C=C(\C=C/CBr)c1nc(C)c(CSc2ccc(O)c(O)c2)s1. The van der Waals surface area contributed by atoms with Crippen LogP contribution >= 0.6 is 39.0 Å². The number of phenols is 2. The lowest BCUT2D eigenvalue weighted by molar-refractivity contribution is 0.402. The van der Waals surface area contributed by atoms with Crippen molar-refractivity contribution < 1.29 is 10.2 Å². The Balaban J connectivity index is 2.12. The molecule has 0 spiro atoms. The Hall–Kier alpha value is -1.24. The van der Waals surface area contributed by atoms with E-state index in [1.165, 1.54) is 10.9 Å². The van der Waals surface area contributed by atoms with Gasteiger partial charge in [0.25, 0.3) is 0 Å². The maximum atomic E-state index is 9.55. The summed E-state index contributed by atoms with van der Waals surface area (Å²) in [5.41, 5.74) is 2.16. The minimum Gasteiger partial charge on any atom is -0.504 e. The second kappa shape index (κ2) is 8.57. The zero-order chi connectivity index (χ0) is 16.8. The van der Waals surface area contributed by atoms with E-state index >= 15 is 0 Å². The highest BCUT2D eigenvalue weighted by Crippen LogP contribution is 2.34. The van der Waals surface area contributed by atoms with E-state index < -0.39 is 0 Å². The molecule has 1 heterocycles. The number of nitrogens with zero attached hydrogens (tertiary/aromatic N) is 1. The van der Waals surface area contributed by atoms with Gasteiger partial charge in [0.15, 0.2) is 11.5 Å². The summed E-state index contributed by atoms with van der Waals surface area (Å²) in [5, 5.41) is 20.7. The summed E-state index contributed by atoms with van der Waals surface area (Å²) < 4.78 is 0. The van der Waals surface area contributed by atoms with Gasteiger partial charge in [0.05, 0.1) is 5.69 Å². The summed E-state index contributed by atoms with van der Waals surface area (Å²) >= 11 is 6.69. The van der Waals surface area contributed by atoms with Gasteiger partial charge in [-0.2, -0.15) is 0 Å². The highest BCUT2D eigenvalue weighted by atomic mass is 79.9. The number of allylic oxidation sites excluding steroid dienone is 4. The second-order valence-electron chi connectivity index (χ2n) is 4.77. The van der Waals surface area contributed by atoms with Crippen LogP contribution in [0.1, 0.15) is 22.5 Å². The van der Waals surface area contributed by atoms with E-state index in [4.69, 9.17) is 0 Å². The van der Waals surface area contributed by atoms with Crippen LogP contribution in [-0.2, 0) is 5.75 Å². The average Bonchev–Trinajstić information content (AvgIpc) is 2.90. The molecule has 2 rings (SSSR count). The number of rotatable bonds is 6. The Labute approximate surface area is 152 Å². The predicted octanol–water partition coefficient (Wildman–Crippen LogP) is 5.51. The number of aromatic hydroxyl groups is 2. The summed E-state index contributed by atoms with van der Waals surface area (Å²) in [6, 6.07) is 4.88. The number of alkyl halides is 1. The van der Waals surface area contributed by atoms with Gasteiger partial charge in [-0.15, -0.1) is 23.1 Å². The van der Waals surface area contributed by atoms with Crippen molar-refractivity contribution in [1.29, 1.82) is 0 Å². The number of hydrogen-bond donors (Lipinski definition) is 2. The number of hydrogen-bond acceptors (Lipinski definition) is 5. The third-order valence-corrected chi connectivity index (χ3v) is 5.94. The van der Waals surface area contributed by atoms with Gasteiger partial charge in [-0.3, -0.25) is 0 Å². The Morgan fingerprint density at radius 2 is 2.13 bits per heavy atom. The summed E-state index contributed by atoms with van der Waals surface area (Å²) in [6.45, 7) is 4.03. The quantitative estimate of drug-likeness (QED) is 0.284. The van der Waals surface area contributed by atoms with Gasteiger partial charge in [-0.1, -0.05) is 34.2 Å². The molecular formula is C17H18BrNO2S2. The fraction of sp³-hybridized carbons (Fsp3) is 0.235. The third-order valence-electron chi connectivity index (χ3n) is 3.15. The normalized spacial score (nSPS) is 12.2. The molecule has 0 fully saturated rings. The first-order chi connectivity index (χ1) is 11.0. The van der Waals surface area contributed by atoms with Crippen LogP contribution in [-0.4, -0.2) is 20.5 Å². The van der Waals surface area contributed by atoms with Crippen molar-refractivity contribution in [2.75, 3.05) is 5.33 Å². The molecule has 0 saturated heterocycles. The summed E-state index contributed by atoms with van der Waals surface area (Å²) in [7, 11) is 0. The lowest BCUT2D eigenvalue weighted by Gasteiger charge is -2.02. The second-order valence-corrected chi connectivity index (χ2v) is 7.55. The fourth-order valence-electron chi connectivity index (χ4n) is 1.89. The summed E-state index contributed by atoms with van der Waals surface area (Å²) in [5.74, 6) is 0.599. The highest BCUT2D eigenvalue weighted by molar-refractivity contribution is 9.09. The van der Waals surface area contributed by atoms with E-state index in [1.54, 1.807) is 35.2 Å². The molecule has 1 aromatic carbocycles. The largest absolute Gasteiger partial charge is 0.504 e. The molecule has 3 nitrogen and oxygen atoms in total. The third kappa shape index (κ3) is 4.86. The average molecular weight is 412 g/mol. The smallest absolute Gasteiger partial charge is 0.158 e. The Kier molecular flexibility index (Phi) is 6.74. The molecule has 0 aliphatic heterocycles. The molecule has 0 aliphatic carbocycles. The number of thioether (sulfide) groups is 1. The molecule has 2 N–H and O–H groups in total. The van der Waals surface area contributed by atoms with E-state index in [9.17, 15) is 10.2 Å². The van der Waals surface area contributed by atoms with Gasteiger partial charge in [0.1, 0.15) is 5.01 Å². The number of aryl methyl sites for hydroxylation is 1. The lowest BCUT2D eigenvalue weighted by Crippen LogP contribution is -1.82. The lowest BCUT2D eigenvalue weighted by atomic mass is 10.2. The van der Waals surface area contributed by atoms with Crippen molar-refractivity contribution in [3.63, 3.8) is 0 Å². The van der Waals surface area contributed by atoms with Gasteiger partial charge in [0, 0.05) is 26.4 Å². The van der Waals surface area contributed by atoms with Gasteiger partial charge in [-0.05, 0) is 32.0 Å². The standard InChI is InChI=1S/C17H18BrNO2S2/c1-3-12(5-4-8-18)17-19-11(2)16(23-17)10-22-13-6-7-14(20)15(21)9-13/h3-7,9,20-21H,8,10H2,1-2H3/b5-4-,12-3+. The maximum Gasteiger partial charge on any atom is 0.158 e. The van der Waals surface area contributed by atoms with E-state index in [1.807, 2.05) is 13.8 Å². The van der Waals surface area contributed by atoms with Crippen molar-refractivity contribution in [2.45, 2.75) is 24.5 Å². The summed E-state index contributed by atoms with van der Waals surface area (Å²) in [4.78, 5) is 6.79. The number of thiazole rings is 1. The molecular weight excluding hydrogens is 394 g/mol. The molecule has 0 bridgehead atoms.